The molecule has 1 aromatic heterocycles. The Morgan fingerprint density at radius 3 is 2.96 bits per heavy atom. The molecule has 3 saturated heterocycles. The van der Waals surface area contributed by atoms with Gasteiger partial charge in [-0.1, -0.05) is 0 Å². The summed E-state index contributed by atoms with van der Waals surface area (Å²) in [5.41, 5.74) is 0.604. The quantitative estimate of drug-likeness (QED) is 0.907. The van der Waals surface area contributed by atoms with Gasteiger partial charge >= 0.3 is 0 Å². The molecule has 0 saturated carbocycles. The van der Waals surface area contributed by atoms with Crippen LogP contribution in [0.4, 0.5) is 5.82 Å². The number of piperidine rings is 3. The van der Waals surface area contributed by atoms with Crippen LogP contribution in [0.15, 0.2) is 18.3 Å². The molecule has 3 atom stereocenters. The van der Waals surface area contributed by atoms with E-state index in [2.05, 4.69) is 20.1 Å². The van der Waals surface area contributed by atoms with Gasteiger partial charge < -0.3 is 15.1 Å². The number of pyridine rings is 1. The van der Waals surface area contributed by atoms with Crippen LogP contribution in [0.3, 0.4) is 0 Å². The van der Waals surface area contributed by atoms with Crippen molar-refractivity contribution in [1.29, 1.82) is 0 Å². The topological polar surface area (TPSA) is 65.5 Å². The number of nitrogens with one attached hydrogen (secondary N) is 1. The van der Waals surface area contributed by atoms with Gasteiger partial charge in [0.15, 0.2) is 0 Å². The first-order valence-corrected chi connectivity index (χ1v) is 9.44. The highest BCUT2D eigenvalue weighted by molar-refractivity contribution is 5.94. The van der Waals surface area contributed by atoms with Crippen LogP contribution in [0, 0.1) is 11.8 Å². The van der Waals surface area contributed by atoms with E-state index in [9.17, 15) is 9.59 Å². The normalized spacial score (nSPS) is 28.5. The van der Waals surface area contributed by atoms with Gasteiger partial charge in [-0.15, -0.1) is 0 Å². The molecule has 3 aliphatic heterocycles. The molecular formula is C19H26N4O2. The molecule has 1 aromatic rings. The van der Waals surface area contributed by atoms with Crippen molar-refractivity contribution in [3.8, 4) is 0 Å². The average molecular weight is 342 g/mol. The van der Waals surface area contributed by atoms with Gasteiger partial charge in [0.05, 0.1) is 5.56 Å². The standard InChI is InChI=1S/C19H26N4O2/c1-2-20-19(25)14-6-7-17(21-9-14)22-10-13-8-15(12-22)16-4-3-5-18(24)23(16)11-13/h6-7,9,13,15-16H,2-5,8,10-12H2,1H3,(H,20,25)/t13?,15?,16-/m1/s1. The molecule has 1 N–H and O–H groups in total. The molecule has 4 rings (SSSR count). The number of fused-ring (bicyclic) bond motifs is 4. The summed E-state index contributed by atoms with van der Waals surface area (Å²) in [7, 11) is 0. The molecule has 4 heterocycles. The Kier molecular flexibility index (Phi) is 4.36. The summed E-state index contributed by atoms with van der Waals surface area (Å²) in [5.74, 6) is 2.29. The van der Waals surface area contributed by atoms with Gasteiger partial charge in [-0.25, -0.2) is 4.98 Å². The summed E-state index contributed by atoms with van der Waals surface area (Å²) < 4.78 is 0. The molecule has 3 aliphatic rings. The summed E-state index contributed by atoms with van der Waals surface area (Å²) in [4.78, 5) is 33.1. The van der Waals surface area contributed by atoms with E-state index in [0.717, 1.165) is 44.7 Å². The summed E-state index contributed by atoms with van der Waals surface area (Å²) in [5, 5.41) is 2.80. The largest absolute Gasteiger partial charge is 0.356 e. The number of nitrogens with zero attached hydrogens (tertiary/aromatic N) is 3. The molecule has 2 unspecified atom stereocenters. The number of aromatic nitrogens is 1. The number of hydrogen-bond acceptors (Lipinski definition) is 4. The van der Waals surface area contributed by atoms with Crippen LogP contribution in [-0.4, -0.2) is 53.9 Å². The molecule has 0 aliphatic carbocycles. The summed E-state index contributed by atoms with van der Waals surface area (Å²) >= 11 is 0. The molecule has 2 bridgehead atoms. The van der Waals surface area contributed by atoms with Crippen LogP contribution < -0.4 is 10.2 Å². The van der Waals surface area contributed by atoms with Crippen LogP contribution in [-0.2, 0) is 4.79 Å². The van der Waals surface area contributed by atoms with E-state index in [1.807, 2.05) is 19.1 Å². The lowest BCUT2D eigenvalue weighted by molar-refractivity contribution is -0.142. The van der Waals surface area contributed by atoms with E-state index in [1.165, 1.54) is 6.42 Å². The third-order valence-electron chi connectivity index (χ3n) is 5.85. The molecule has 134 valence electrons. The van der Waals surface area contributed by atoms with Crippen molar-refractivity contribution in [3.63, 3.8) is 0 Å². The number of hydrogen-bond donors (Lipinski definition) is 1. The Morgan fingerprint density at radius 1 is 1.32 bits per heavy atom. The van der Waals surface area contributed by atoms with Crippen LogP contribution in [0.5, 0.6) is 0 Å². The molecule has 6 heteroatoms. The lowest BCUT2D eigenvalue weighted by atomic mass is 9.76. The van der Waals surface area contributed by atoms with Gasteiger partial charge in [0, 0.05) is 44.8 Å². The second-order valence-electron chi connectivity index (χ2n) is 7.54. The maximum Gasteiger partial charge on any atom is 0.252 e. The zero-order valence-electron chi connectivity index (χ0n) is 14.8. The Hall–Kier alpha value is -2.11. The summed E-state index contributed by atoms with van der Waals surface area (Å²) in [6.45, 7) is 5.32. The summed E-state index contributed by atoms with van der Waals surface area (Å²) in [6, 6.07) is 4.22. The van der Waals surface area contributed by atoms with Crippen LogP contribution in [0.1, 0.15) is 43.0 Å². The number of anilines is 1. The van der Waals surface area contributed by atoms with Crippen LogP contribution in [0.2, 0.25) is 0 Å². The smallest absolute Gasteiger partial charge is 0.252 e. The van der Waals surface area contributed by atoms with Crippen LogP contribution >= 0.6 is 0 Å². The minimum Gasteiger partial charge on any atom is -0.356 e. The van der Waals surface area contributed by atoms with E-state index in [0.29, 0.717) is 35.9 Å². The zero-order valence-corrected chi connectivity index (χ0v) is 14.8. The Labute approximate surface area is 148 Å². The highest BCUT2D eigenvalue weighted by Crippen LogP contribution is 2.38. The first-order valence-electron chi connectivity index (χ1n) is 9.44. The highest BCUT2D eigenvalue weighted by Gasteiger charge is 2.44. The molecular weight excluding hydrogens is 316 g/mol. The minimum atomic E-state index is -0.0755. The number of carbonyl (C=O) groups is 2. The molecule has 0 aromatic carbocycles. The van der Waals surface area contributed by atoms with Crippen molar-refractivity contribution in [2.24, 2.45) is 11.8 Å². The van der Waals surface area contributed by atoms with E-state index in [4.69, 9.17) is 0 Å². The van der Waals surface area contributed by atoms with Gasteiger partial charge in [-0.3, -0.25) is 9.59 Å². The Balaban J connectivity index is 1.48. The van der Waals surface area contributed by atoms with E-state index in [-0.39, 0.29) is 5.91 Å². The van der Waals surface area contributed by atoms with Crippen molar-refractivity contribution in [1.82, 2.24) is 15.2 Å². The van der Waals surface area contributed by atoms with Crippen molar-refractivity contribution in [2.45, 2.75) is 38.6 Å². The minimum absolute atomic E-state index is 0.0755. The summed E-state index contributed by atoms with van der Waals surface area (Å²) in [6.07, 6.45) is 5.78. The van der Waals surface area contributed by atoms with Crippen molar-refractivity contribution < 1.29 is 9.59 Å². The Morgan fingerprint density at radius 2 is 2.20 bits per heavy atom. The third kappa shape index (κ3) is 3.10. The van der Waals surface area contributed by atoms with E-state index >= 15 is 0 Å². The fourth-order valence-electron chi connectivity index (χ4n) is 4.77. The van der Waals surface area contributed by atoms with Crippen molar-refractivity contribution in [2.75, 3.05) is 31.1 Å². The monoisotopic (exact) mass is 342 g/mol. The Bertz CT molecular complexity index is 660. The fraction of sp³-hybridized carbons (Fsp3) is 0.632. The van der Waals surface area contributed by atoms with Gasteiger partial charge in [-0.05, 0) is 50.2 Å². The second-order valence-corrected chi connectivity index (χ2v) is 7.54. The van der Waals surface area contributed by atoms with E-state index in [1.54, 1.807) is 6.20 Å². The zero-order chi connectivity index (χ0) is 17.4. The molecule has 3 fully saturated rings. The van der Waals surface area contributed by atoms with Crippen molar-refractivity contribution in [3.05, 3.63) is 23.9 Å². The SMILES string of the molecule is CCNC(=O)c1ccc(N2CC3CC(C2)[C@H]2CCCC(=O)N2C3)nc1. The number of rotatable bonds is 3. The second kappa shape index (κ2) is 6.65. The van der Waals surface area contributed by atoms with Gasteiger partial charge in [0.25, 0.3) is 5.91 Å². The first-order chi connectivity index (χ1) is 12.2. The van der Waals surface area contributed by atoms with Gasteiger partial charge in [-0.2, -0.15) is 0 Å². The first kappa shape index (κ1) is 16.4. The number of carbonyl (C=O) groups excluding carboxylic acids is 2. The fourth-order valence-corrected chi connectivity index (χ4v) is 4.77. The third-order valence-corrected chi connectivity index (χ3v) is 5.85. The van der Waals surface area contributed by atoms with Gasteiger partial charge in [0.2, 0.25) is 5.91 Å². The predicted molar refractivity (Wildman–Crippen MR) is 95.4 cm³/mol. The maximum absolute atomic E-state index is 12.2. The lowest BCUT2D eigenvalue weighted by Crippen LogP contribution is -2.60. The molecule has 0 radical (unpaired) electrons. The molecule has 25 heavy (non-hydrogen) atoms. The highest BCUT2D eigenvalue weighted by atomic mass is 16.2. The average Bonchev–Trinajstić information content (AvgIpc) is 2.63. The van der Waals surface area contributed by atoms with E-state index < -0.39 is 0 Å². The maximum atomic E-state index is 12.2. The van der Waals surface area contributed by atoms with Gasteiger partial charge in [0.1, 0.15) is 5.82 Å². The molecule has 0 spiro atoms. The lowest BCUT2D eigenvalue weighted by Gasteiger charge is -2.52. The van der Waals surface area contributed by atoms with Crippen LogP contribution in [0.25, 0.3) is 0 Å². The molecule has 2 amide bonds. The molecule has 6 nitrogen and oxygen atoms in total. The number of amides is 2. The van der Waals surface area contributed by atoms with Crippen molar-refractivity contribution >= 4 is 17.6 Å². The predicted octanol–water partition coefficient (Wildman–Crippen LogP) is 1.67.